The van der Waals surface area contributed by atoms with E-state index in [0.29, 0.717) is 5.69 Å². The number of halogens is 4. The van der Waals surface area contributed by atoms with Crippen LogP contribution >= 0.6 is 15.9 Å². The van der Waals surface area contributed by atoms with E-state index in [1.807, 2.05) is 0 Å². The van der Waals surface area contributed by atoms with E-state index >= 15 is 0 Å². The van der Waals surface area contributed by atoms with Gasteiger partial charge in [0.15, 0.2) is 0 Å². The van der Waals surface area contributed by atoms with E-state index in [9.17, 15) is 18.0 Å². The smallest absolute Gasteiger partial charge is 0.283 e. The maximum atomic E-state index is 13.6. The van der Waals surface area contributed by atoms with E-state index in [2.05, 4.69) is 26.3 Å². The maximum Gasteiger partial charge on any atom is 0.283 e. The standard InChI is InChI=1S/C14H13BrF3N3O/c1-7-3-4-9(16)10(5-7)19-11(22)6-21-8(2)12(15)13(20-21)14(17)18/h3-5,14H,6H2,1-2H3,(H,19,22). The molecule has 0 saturated carbocycles. The Morgan fingerprint density at radius 3 is 2.68 bits per heavy atom. The van der Waals surface area contributed by atoms with Gasteiger partial charge in [-0.1, -0.05) is 6.07 Å². The number of amides is 1. The molecule has 2 aromatic rings. The SMILES string of the molecule is Cc1ccc(F)c(NC(=O)Cn2nc(C(F)F)c(Br)c2C)c1. The Kier molecular flexibility index (Phi) is 4.90. The summed E-state index contributed by atoms with van der Waals surface area (Å²) in [5.74, 6) is -1.12. The van der Waals surface area contributed by atoms with Crippen LogP contribution in [-0.4, -0.2) is 15.7 Å². The zero-order valence-electron chi connectivity index (χ0n) is 11.8. The maximum absolute atomic E-state index is 13.6. The van der Waals surface area contributed by atoms with Gasteiger partial charge in [0, 0.05) is 0 Å². The first kappa shape index (κ1) is 16.5. The minimum absolute atomic E-state index is 0.0444. The molecule has 0 aliphatic rings. The average Bonchev–Trinajstić information content (AvgIpc) is 2.71. The predicted octanol–water partition coefficient (Wildman–Crippen LogP) is 3.98. The summed E-state index contributed by atoms with van der Waals surface area (Å²) >= 11 is 3.02. The van der Waals surface area contributed by atoms with Crippen molar-refractivity contribution >= 4 is 27.5 Å². The van der Waals surface area contributed by atoms with E-state index in [1.54, 1.807) is 19.9 Å². The van der Waals surface area contributed by atoms with Crippen molar-refractivity contribution in [2.45, 2.75) is 26.8 Å². The minimum atomic E-state index is -2.74. The average molecular weight is 376 g/mol. The van der Waals surface area contributed by atoms with Crippen LogP contribution in [0.2, 0.25) is 0 Å². The normalized spacial score (nSPS) is 11.0. The Hall–Kier alpha value is -1.83. The fraction of sp³-hybridized carbons (Fsp3) is 0.286. The molecule has 1 amide bonds. The van der Waals surface area contributed by atoms with Crippen molar-refractivity contribution < 1.29 is 18.0 Å². The molecule has 0 bridgehead atoms. The molecule has 0 aliphatic carbocycles. The second kappa shape index (κ2) is 6.51. The van der Waals surface area contributed by atoms with E-state index in [-0.39, 0.29) is 16.7 Å². The van der Waals surface area contributed by atoms with Crippen LogP contribution in [0.15, 0.2) is 22.7 Å². The molecule has 0 fully saturated rings. The second-order valence-electron chi connectivity index (χ2n) is 4.77. The summed E-state index contributed by atoms with van der Waals surface area (Å²) in [7, 11) is 0. The number of alkyl halides is 2. The zero-order chi connectivity index (χ0) is 16.4. The third-order valence-electron chi connectivity index (χ3n) is 3.05. The van der Waals surface area contributed by atoms with E-state index in [0.717, 1.165) is 10.2 Å². The molecule has 1 heterocycles. The predicted molar refractivity (Wildman–Crippen MR) is 79.4 cm³/mol. The molecule has 0 radical (unpaired) electrons. The van der Waals surface area contributed by atoms with Crippen molar-refractivity contribution in [1.29, 1.82) is 0 Å². The van der Waals surface area contributed by atoms with Gasteiger partial charge in [0.2, 0.25) is 5.91 Å². The van der Waals surface area contributed by atoms with Gasteiger partial charge in [0.1, 0.15) is 18.1 Å². The van der Waals surface area contributed by atoms with E-state index < -0.39 is 23.8 Å². The first-order valence-corrected chi connectivity index (χ1v) is 7.16. The number of carbonyl (C=O) groups is 1. The highest BCUT2D eigenvalue weighted by molar-refractivity contribution is 9.10. The van der Waals surface area contributed by atoms with Gasteiger partial charge in [-0.05, 0) is 47.5 Å². The zero-order valence-corrected chi connectivity index (χ0v) is 13.4. The summed E-state index contributed by atoms with van der Waals surface area (Å²) in [5.41, 5.74) is 0.805. The van der Waals surface area contributed by atoms with Crippen LogP contribution in [0, 0.1) is 19.7 Å². The van der Waals surface area contributed by atoms with Gasteiger partial charge in [-0.3, -0.25) is 9.48 Å². The third-order valence-corrected chi connectivity index (χ3v) is 4.03. The van der Waals surface area contributed by atoms with Gasteiger partial charge in [-0.15, -0.1) is 0 Å². The summed E-state index contributed by atoms with van der Waals surface area (Å²) in [6.45, 7) is 3.03. The highest BCUT2D eigenvalue weighted by atomic mass is 79.9. The molecular weight excluding hydrogens is 363 g/mol. The number of aryl methyl sites for hydroxylation is 1. The number of anilines is 1. The Morgan fingerprint density at radius 2 is 2.09 bits per heavy atom. The van der Waals surface area contributed by atoms with Gasteiger partial charge >= 0.3 is 0 Å². The van der Waals surface area contributed by atoms with E-state index in [1.165, 1.54) is 12.1 Å². The number of aromatic nitrogens is 2. The fourth-order valence-corrected chi connectivity index (χ4v) is 2.36. The van der Waals surface area contributed by atoms with Gasteiger partial charge in [0.25, 0.3) is 6.43 Å². The Labute approximate surface area is 133 Å². The highest BCUT2D eigenvalue weighted by Crippen LogP contribution is 2.29. The lowest BCUT2D eigenvalue weighted by Gasteiger charge is -2.08. The van der Waals surface area contributed by atoms with Crippen molar-refractivity contribution in [1.82, 2.24) is 9.78 Å². The molecule has 0 unspecified atom stereocenters. The Balaban J connectivity index is 2.16. The molecule has 0 spiro atoms. The molecule has 4 nitrogen and oxygen atoms in total. The monoisotopic (exact) mass is 375 g/mol. The topological polar surface area (TPSA) is 46.9 Å². The van der Waals surface area contributed by atoms with Crippen LogP contribution in [0.25, 0.3) is 0 Å². The summed E-state index contributed by atoms with van der Waals surface area (Å²) in [6, 6.07) is 4.31. The first-order valence-electron chi connectivity index (χ1n) is 6.36. The van der Waals surface area contributed by atoms with Crippen molar-refractivity contribution in [3.05, 3.63) is 45.4 Å². The molecular formula is C14H13BrF3N3O. The van der Waals surface area contributed by atoms with Crippen LogP contribution in [0.3, 0.4) is 0 Å². The lowest BCUT2D eigenvalue weighted by atomic mass is 10.2. The molecule has 8 heteroatoms. The number of rotatable bonds is 4. The third kappa shape index (κ3) is 3.49. The Morgan fingerprint density at radius 1 is 1.41 bits per heavy atom. The lowest BCUT2D eigenvalue weighted by molar-refractivity contribution is -0.117. The van der Waals surface area contributed by atoms with Crippen LogP contribution in [0.5, 0.6) is 0 Å². The van der Waals surface area contributed by atoms with Crippen molar-refractivity contribution in [2.75, 3.05) is 5.32 Å². The molecule has 1 aromatic heterocycles. The molecule has 1 aromatic carbocycles. The van der Waals surface area contributed by atoms with Crippen LogP contribution < -0.4 is 5.32 Å². The minimum Gasteiger partial charge on any atom is -0.322 e. The summed E-state index contributed by atoms with van der Waals surface area (Å²) in [5, 5.41) is 6.10. The number of carbonyl (C=O) groups excluding carboxylic acids is 1. The van der Waals surface area contributed by atoms with Crippen molar-refractivity contribution in [3.63, 3.8) is 0 Å². The number of nitrogens with zero attached hydrogens (tertiary/aromatic N) is 2. The second-order valence-corrected chi connectivity index (χ2v) is 5.57. The van der Waals surface area contributed by atoms with Crippen molar-refractivity contribution in [2.24, 2.45) is 0 Å². The number of hydrogen-bond acceptors (Lipinski definition) is 2. The Bertz CT molecular complexity index is 716. The lowest BCUT2D eigenvalue weighted by Crippen LogP contribution is -2.21. The first-order chi connectivity index (χ1) is 10.3. The summed E-state index contributed by atoms with van der Waals surface area (Å²) in [4.78, 5) is 11.9. The summed E-state index contributed by atoms with van der Waals surface area (Å²) in [6.07, 6.45) is -2.74. The van der Waals surface area contributed by atoms with Crippen LogP contribution in [0.1, 0.15) is 23.4 Å². The molecule has 118 valence electrons. The van der Waals surface area contributed by atoms with E-state index in [4.69, 9.17) is 0 Å². The van der Waals surface area contributed by atoms with Crippen LogP contribution in [0.4, 0.5) is 18.9 Å². The number of hydrogen-bond donors (Lipinski definition) is 1. The number of nitrogens with one attached hydrogen (secondary N) is 1. The molecule has 0 aliphatic heterocycles. The molecule has 0 saturated heterocycles. The summed E-state index contributed by atoms with van der Waals surface area (Å²) < 4.78 is 40.4. The molecule has 0 atom stereocenters. The fourth-order valence-electron chi connectivity index (χ4n) is 1.90. The molecule has 2 rings (SSSR count). The quantitative estimate of drug-likeness (QED) is 0.878. The highest BCUT2D eigenvalue weighted by Gasteiger charge is 2.21. The largest absolute Gasteiger partial charge is 0.322 e. The molecule has 22 heavy (non-hydrogen) atoms. The van der Waals surface area contributed by atoms with Gasteiger partial charge < -0.3 is 5.32 Å². The van der Waals surface area contributed by atoms with Gasteiger partial charge in [-0.25, -0.2) is 13.2 Å². The van der Waals surface area contributed by atoms with Gasteiger partial charge in [0.05, 0.1) is 15.9 Å². The molecule has 1 N–H and O–H groups in total. The van der Waals surface area contributed by atoms with Crippen LogP contribution in [-0.2, 0) is 11.3 Å². The van der Waals surface area contributed by atoms with Gasteiger partial charge in [-0.2, -0.15) is 5.10 Å². The van der Waals surface area contributed by atoms with Crippen molar-refractivity contribution in [3.8, 4) is 0 Å². The number of benzene rings is 1.